The van der Waals surface area contributed by atoms with Crippen molar-refractivity contribution in [3.05, 3.63) is 34.4 Å². The van der Waals surface area contributed by atoms with Crippen LogP contribution in [0.25, 0.3) is 0 Å². The van der Waals surface area contributed by atoms with Crippen LogP contribution in [0.15, 0.2) is 34.4 Å². The lowest BCUT2D eigenvalue weighted by Gasteiger charge is -2.38. The molecule has 0 aromatic carbocycles. The number of allylic oxidation sites excluding steroid dienone is 6. The summed E-state index contributed by atoms with van der Waals surface area (Å²) in [5.41, 5.74) is 6.09. The van der Waals surface area contributed by atoms with Gasteiger partial charge in [-0.1, -0.05) is 42.7 Å². The van der Waals surface area contributed by atoms with Gasteiger partial charge in [-0.2, -0.15) is 0 Å². The molecule has 0 aliphatic heterocycles. The third-order valence-electron chi connectivity index (χ3n) is 5.29. The van der Waals surface area contributed by atoms with E-state index in [0.717, 1.165) is 19.3 Å². The molecule has 3 unspecified atom stereocenters. The molecule has 2 heteroatoms. The maximum Gasteiger partial charge on any atom is 0.303 e. The molecular formula is C18H26O2. The van der Waals surface area contributed by atoms with E-state index >= 15 is 0 Å². The van der Waals surface area contributed by atoms with Crippen molar-refractivity contribution in [2.45, 2.75) is 53.4 Å². The van der Waals surface area contributed by atoms with Crippen LogP contribution in [-0.2, 0) is 4.79 Å². The smallest absolute Gasteiger partial charge is 0.303 e. The zero-order valence-electron chi connectivity index (χ0n) is 13.1. The number of rotatable bonds is 4. The van der Waals surface area contributed by atoms with Gasteiger partial charge in [0.15, 0.2) is 0 Å². The van der Waals surface area contributed by atoms with E-state index in [4.69, 9.17) is 5.11 Å². The zero-order chi connectivity index (χ0) is 14.9. The minimum Gasteiger partial charge on any atom is -0.481 e. The molecule has 0 saturated carbocycles. The molecule has 0 fully saturated rings. The molecule has 0 aromatic rings. The van der Waals surface area contributed by atoms with E-state index in [1.807, 2.05) is 0 Å². The molecule has 0 spiro atoms. The highest BCUT2D eigenvalue weighted by molar-refractivity contribution is 5.66. The van der Waals surface area contributed by atoms with E-state index in [0.29, 0.717) is 24.2 Å². The van der Waals surface area contributed by atoms with Crippen molar-refractivity contribution >= 4 is 5.97 Å². The van der Waals surface area contributed by atoms with Gasteiger partial charge in [0.25, 0.3) is 0 Å². The molecule has 0 saturated heterocycles. The first-order chi connectivity index (χ1) is 9.43. The third kappa shape index (κ3) is 2.74. The summed E-state index contributed by atoms with van der Waals surface area (Å²) in [7, 11) is 0. The average molecular weight is 274 g/mol. The van der Waals surface area contributed by atoms with Gasteiger partial charge in [-0.25, -0.2) is 0 Å². The monoisotopic (exact) mass is 274 g/mol. The first kappa shape index (κ1) is 15.1. The highest BCUT2D eigenvalue weighted by Crippen LogP contribution is 2.45. The lowest BCUT2D eigenvalue weighted by atomic mass is 9.67. The number of aliphatic carboxylic acids is 1. The van der Waals surface area contributed by atoms with Crippen LogP contribution in [0.5, 0.6) is 0 Å². The normalized spacial score (nSPS) is 29.7. The van der Waals surface area contributed by atoms with Crippen LogP contribution in [0.4, 0.5) is 0 Å². The first-order valence-electron chi connectivity index (χ1n) is 7.73. The van der Waals surface area contributed by atoms with Gasteiger partial charge in [0.05, 0.1) is 0 Å². The molecule has 0 heterocycles. The second-order valence-corrected chi connectivity index (χ2v) is 6.34. The molecule has 0 amide bonds. The largest absolute Gasteiger partial charge is 0.481 e. The number of carboxylic acids is 1. The van der Waals surface area contributed by atoms with Crippen LogP contribution in [-0.4, -0.2) is 11.1 Å². The number of carboxylic acid groups (broad SMARTS) is 1. The van der Waals surface area contributed by atoms with Crippen molar-refractivity contribution in [2.75, 3.05) is 0 Å². The van der Waals surface area contributed by atoms with Crippen molar-refractivity contribution in [3.63, 3.8) is 0 Å². The fraction of sp³-hybridized carbons (Fsp3) is 0.611. The van der Waals surface area contributed by atoms with E-state index in [1.54, 1.807) is 5.57 Å². The predicted octanol–water partition coefficient (Wildman–Crippen LogP) is 4.74. The highest BCUT2D eigenvalue weighted by atomic mass is 16.4. The maximum atomic E-state index is 10.7. The topological polar surface area (TPSA) is 37.3 Å². The van der Waals surface area contributed by atoms with Crippen LogP contribution < -0.4 is 0 Å². The number of hydrogen-bond donors (Lipinski definition) is 1. The van der Waals surface area contributed by atoms with Gasteiger partial charge in [-0.15, -0.1) is 0 Å². The summed E-state index contributed by atoms with van der Waals surface area (Å²) >= 11 is 0. The molecule has 20 heavy (non-hydrogen) atoms. The molecule has 1 N–H and O–H groups in total. The van der Waals surface area contributed by atoms with E-state index in [1.165, 1.54) is 16.7 Å². The lowest BCUT2D eigenvalue weighted by molar-refractivity contribution is -0.137. The van der Waals surface area contributed by atoms with Gasteiger partial charge in [0.1, 0.15) is 0 Å². The summed E-state index contributed by atoms with van der Waals surface area (Å²) in [5, 5.41) is 8.81. The summed E-state index contributed by atoms with van der Waals surface area (Å²) in [6.45, 7) is 9.11. The number of carbonyl (C=O) groups is 1. The molecule has 0 radical (unpaired) electrons. The minimum absolute atomic E-state index is 0.292. The highest BCUT2D eigenvalue weighted by Gasteiger charge is 2.32. The zero-order valence-corrected chi connectivity index (χ0v) is 13.1. The van der Waals surface area contributed by atoms with E-state index < -0.39 is 5.97 Å². The Balaban J connectivity index is 2.20. The molecule has 0 bridgehead atoms. The fourth-order valence-electron chi connectivity index (χ4n) is 3.74. The maximum absolute atomic E-state index is 10.7. The van der Waals surface area contributed by atoms with Crippen LogP contribution in [0.3, 0.4) is 0 Å². The molecule has 2 aliphatic rings. The van der Waals surface area contributed by atoms with Gasteiger partial charge >= 0.3 is 5.97 Å². The van der Waals surface area contributed by atoms with Gasteiger partial charge in [0.2, 0.25) is 0 Å². The van der Waals surface area contributed by atoms with Crippen molar-refractivity contribution in [1.29, 1.82) is 0 Å². The Morgan fingerprint density at radius 1 is 1.25 bits per heavy atom. The molecular weight excluding hydrogens is 248 g/mol. The molecule has 2 nitrogen and oxygen atoms in total. The Morgan fingerprint density at radius 3 is 2.55 bits per heavy atom. The summed E-state index contributed by atoms with van der Waals surface area (Å²) in [4.78, 5) is 10.7. The van der Waals surface area contributed by atoms with Gasteiger partial charge in [0, 0.05) is 12.3 Å². The van der Waals surface area contributed by atoms with Crippen molar-refractivity contribution in [3.8, 4) is 0 Å². The summed E-state index contributed by atoms with van der Waals surface area (Å²) in [6, 6.07) is 0. The first-order valence-corrected chi connectivity index (χ1v) is 7.73. The Kier molecular flexibility index (Phi) is 4.52. The molecule has 110 valence electrons. The SMILES string of the molecule is CC1=C(C)C(C)C2=C(C=CCC2CCCC(=O)O)C1C. The Bertz CT molecular complexity index is 494. The van der Waals surface area contributed by atoms with Crippen molar-refractivity contribution in [2.24, 2.45) is 17.8 Å². The Morgan fingerprint density at radius 2 is 1.90 bits per heavy atom. The van der Waals surface area contributed by atoms with Crippen LogP contribution in [0, 0.1) is 17.8 Å². The van der Waals surface area contributed by atoms with Crippen molar-refractivity contribution in [1.82, 2.24) is 0 Å². The Hall–Kier alpha value is -1.31. The van der Waals surface area contributed by atoms with E-state index in [9.17, 15) is 4.79 Å². The van der Waals surface area contributed by atoms with Gasteiger partial charge < -0.3 is 5.11 Å². The lowest BCUT2D eigenvalue weighted by Crippen LogP contribution is -2.24. The third-order valence-corrected chi connectivity index (χ3v) is 5.29. The molecule has 2 rings (SSSR count). The molecule has 2 aliphatic carbocycles. The second kappa shape index (κ2) is 5.99. The number of hydrogen-bond acceptors (Lipinski definition) is 1. The van der Waals surface area contributed by atoms with Gasteiger partial charge in [-0.3, -0.25) is 4.79 Å². The summed E-state index contributed by atoms with van der Waals surface area (Å²) in [5.74, 6) is 0.887. The van der Waals surface area contributed by atoms with Crippen LogP contribution in [0.1, 0.15) is 53.4 Å². The molecule has 0 aromatic heterocycles. The van der Waals surface area contributed by atoms with E-state index in [2.05, 4.69) is 39.8 Å². The van der Waals surface area contributed by atoms with Crippen molar-refractivity contribution < 1.29 is 9.90 Å². The quantitative estimate of drug-likeness (QED) is 0.752. The summed E-state index contributed by atoms with van der Waals surface area (Å²) in [6.07, 6.45) is 7.73. The van der Waals surface area contributed by atoms with Gasteiger partial charge in [-0.05, 0) is 50.5 Å². The second-order valence-electron chi connectivity index (χ2n) is 6.34. The summed E-state index contributed by atoms with van der Waals surface area (Å²) < 4.78 is 0. The fourth-order valence-corrected chi connectivity index (χ4v) is 3.74. The van der Waals surface area contributed by atoms with Crippen LogP contribution in [0.2, 0.25) is 0 Å². The molecule has 3 atom stereocenters. The van der Waals surface area contributed by atoms with E-state index in [-0.39, 0.29) is 0 Å². The average Bonchev–Trinajstić information content (AvgIpc) is 2.42. The predicted molar refractivity (Wildman–Crippen MR) is 82.5 cm³/mol. The van der Waals surface area contributed by atoms with Crippen LogP contribution >= 0.6 is 0 Å². The Labute approximate surface area is 122 Å². The standard InChI is InChI=1S/C18H26O2/c1-11-12(2)14(4)18-15(8-6-10-17(19)20)7-5-9-16(18)13(11)3/h5,9,13-15H,6-8,10H2,1-4H3,(H,19,20). The minimum atomic E-state index is -0.678.